The van der Waals surface area contributed by atoms with Gasteiger partial charge in [0.1, 0.15) is 11.5 Å². The van der Waals surface area contributed by atoms with E-state index in [-0.39, 0.29) is 23.0 Å². The van der Waals surface area contributed by atoms with Crippen LogP contribution in [0.1, 0.15) is 70.3 Å². The fourth-order valence-electron chi connectivity index (χ4n) is 7.35. The lowest BCUT2D eigenvalue weighted by Gasteiger charge is -2.57. The van der Waals surface area contributed by atoms with Crippen molar-refractivity contribution in [1.29, 1.82) is 0 Å². The van der Waals surface area contributed by atoms with E-state index < -0.39 is 0 Å². The van der Waals surface area contributed by atoms with Crippen LogP contribution in [0.5, 0.6) is 0 Å². The number of rotatable bonds is 1. The van der Waals surface area contributed by atoms with Gasteiger partial charge < -0.3 is 14.6 Å². The van der Waals surface area contributed by atoms with Crippen molar-refractivity contribution in [2.45, 2.75) is 77.9 Å². The van der Waals surface area contributed by atoms with E-state index >= 15 is 0 Å². The van der Waals surface area contributed by atoms with Crippen LogP contribution >= 0.6 is 0 Å². The lowest BCUT2D eigenvalue weighted by atomic mass is 9.48. The molecule has 1 aromatic heterocycles. The second kappa shape index (κ2) is 6.34. The number of fused-ring (bicyclic) bond motifs is 5. The van der Waals surface area contributed by atoms with E-state index in [4.69, 9.17) is 4.42 Å². The predicted octanol–water partition coefficient (Wildman–Crippen LogP) is 5.27. The summed E-state index contributed by atoms with van der Waals surface area (Å²) in [5, 5.41) is 21.4. The zero-order chi connectivity index (χ0) is 19.7. The maximum atomic E-state index is 11.3. The lowest BCUT2D eigenvalue weighted by molar-refractivity contribution is -0.0685. The van der Waals surface area contributed by atoms with Gasteiger partial charge in [0.25, 0.3) is 0 Å². The third-order valence-corrected chi connectivity index (χ3v) is 9.04. The molecule has 0 aliphatic heterocycles. The van der Waals surface area contributed by atoms with Crippen molar-refractivity contribution < 1.29 is 14.6 Å². The minimum atomic E-state index is -0.366. The summed E-state index contributed by atoms with van der Waals surface area (Å²) in [5.74, 6) is 3.65. The SMILES string of the molecule is Cc1ccc(/C=C2\CC3C4CC=C5CC(O)CCC5(C)C4CCC3(C)[C@H]2O)o1. The predicted molar refractivity (Wildman–Crippen MR) is 111 cm³/mol. The zero-order valence-corrected chi connectivity index (χ0v) is 17.4. The van der Waals surface area contributed by atoms with E-state index in [1.165, 1.54) is 12.0 Å². The van der Waals surface area contributed by atoms with Gasteiger partial charge in [0, 0.05) is 5.41 Å². The highest BCUT2D eigenvalue weighted by Gasteiger charge is 2.59. The first-order valence-corrected chi connectivity index (χ1v) is 11.1. The highest BCUT2D eigenvalue weighted by atomic mass is 16.3. The largest absolute Gasteiger partial charge is 0.462 e. The molecule has 0 amide bonds. The molecule has 3 nitrogen and oxygen atoms in total. The Hall–Kier alpha value is -1.32. The summed E-state index contributed by atoms with van der Waals surface area (Å²) in [7, 11) is 0. The van der Waals surface area contributed by atoms with Gasteiger partial charge in [-0.3, -0.25) is 0 Å². The summed E-state index contributed by atoms with van der Waals surface area (Å²) in [6.45, 7) is 6.74. The Bertz CT molecular complexity index is 833. The average Bonchev–Trinajstić information content (AvgIpc) is 3.18. The molecule has 3 heteroatoms. The molecule has 28 heavy (non-hydrogen) atoms. The molecule has 0 radical (unpaired) electrons. The van der Waals surface area contributed by atoms with E-state index in [9.17, 15) is 10.2 Å². The second-order valence-electron chi connectivity index (χ2n) is 10.5. The molecule has 3 fully saturated rings. The Labute approximate surface area is 168 Å². The molecule has 4 aliphatic carbocycles. The van der Waals surface area contributed by atoms with Crippen LogP contribution in [0.3, 0.4) is 0 Å². The maximum absolute atomic E-state index is 11.3. The molecular formula is C25H34O3. The number of hydrogen-bond donors (Lipinski definition) is 2. The van der Waals surface area contributed by atoms with Gasteiger partial charge in [0.15, 0.2) is 0 Å². The number of aryl methyl sites for hydroxylation is 1. The first-order valence-electron chi connectivity index (χ1n) is 11.1. The molecule has 0 aromatic carbocycles. The van der Waals surface area contributed by atoms with Crippen molar-refractivity contribution in [3.8, 4) is 0 Å². The number of hydrogen-bond acceptors (Lipinski definition) is 3. The van der Waals surface area contributed by atoms with Crippen LogP contribution in [0.15, 0.2) is 33.8 Å². The summed E-state index contributed by atoms with van der Waals surface area (Å²) >= 11 is 0. The van der Waals surface area contributed by atoms with Gasteiger partial charge in [0.05, 0.1) is 12.2 Å². The maximum Gasteiger partial charge on any atom is 0.127 e. The molecular weight excluding hydrogens is 348 g/mol. The molecule has 1 heterocycles. The fourth-order valence-corrected chi connectivity index (χ4v) is 7.35. The quantitative estimate of drug-likeness (QED) is 0.651. The first kappa shape index (κ1) is 18.7. The minimum absolute atomic E-state index is 0.0233. The van der Waals surface area contributed by atoms with Crippen LogP contribution in [-0.2, 0) is 0 Å². The molecule has 3 saturated carbocycles. The standard InChI is InChI=1S/C25H34O3/c1-15-4-6-19(28-15)12-16-13-22-20-7-5-17-14-18(26)8-10-24(17,2)21(20)9-11-25(22,3)23(16)27/h4-6,12,18,20-23,26-27H,7-11,13-14H2,1-3H3/b16-12+/t18?,20?,21?,22?,23-,24?,25?/m0/s1. The number of aliphatic hydroxyl groups excluding tert-OH is 2. The van der Waals surface area contributed by atoms with Gasteiger partial charge in [-0.25, -0.2) is 0 Å². The fraction of sp³-hybridized carbons (Fsp3) is 0.680. The normalized spacial score (nSPS) is 46.7. The Morgan fingerprint density at radius 2 is 1.89 bits per heavy atom. The van der Waals surface area contributed by atoms with Gasteiger partial charge in [0.2, 0.25) is 0 Å². The van der Waals surface area contributed by atoms with E-state index in [1.54, 1.807) is 0 Å². The number of allylic oxidation sites excluding steroid dienone is 1. The van der Waals surface area contributed by atoms with Gasteiger partial charge in [-0.15, -0.1) is 0 Å². The average molecular weight is 383 g/mol. The van der Waals surface area contributed by atoms with E-state index in [0.717, 1.165) is 55.6 Å². The molecule has 5 rings (SSSR count). The Balaban J connectivity index is 1.47. The van der Waals surface area contributed by atoms with Crippen molar-refractivity contribution in [3.05, 3.63) is 40.9 Å². The van der Waals surface area contributed by atoms with Crippen LogP contribution in [-0.4, -0.2) is 22.4 Å². The topological polar surface area (TPSA) is 53.6 Å². The molecule has 152 valence electrons. The molecule has 7 atom stereocenters. The van der Waals surface area contributed by atoms with Crippen molar-refractivity contribution in [2.24, 2.45) is 28.6 Å². The van der Waals surface area contributed by atoms with E-state index in [0.29, 0.717) is 17.8 Å². The molecule has 1 aromatic rings. The van der Waals surface area contributed by atoms with Crippen LogP contribution in [0.2, 0.25) is 0 Å². The van der Waals surface area contributed by atoms with Gasteiger partial charge in [-0.2, -0.15) is 0 Å². The lowest BCUT2D eigenvalue weighted by Crippen LogP contribution is -2.51. The molecule has 0 bridgehead atoms. The molecule has 2 N–H and O–H groups in total. The van der Waals surface area contributed by atoms with Crippen LogP contribution < -0.4 is 0 Å². The Kier molecular flexibility index (Phi) is 4.23. The first-order chi connectivity index (χ1) is 13.3. The molecule has 4 aliphatic rings. The van der Waals surface area contributed by atoms with Gasteiger partial charge >= 0.3 is 0 Å². The zero-order valence-electron chi connectivity index (χ0n) is 17.4. The summed E-state index contributed by atoms with van der Waals surface area (Å²) in [6.07, 6.45) is 11.4. The molecule has 0 saturated heterocycles. The third-order valence-electron chi connectivity index (χ3n) is 9.04. The Morgan fingerprint density at radius 1 is 1.07 bits per heavy atom. The monoisotopic (exact) mass is 382 g/mol. The van der Waals surface area contributed by atoms with Crippen LogP contribution in [0, 0.1) is 35.5 Å². The van der Waals surface area contributed by atoms with Crippen molar-refractivity contribution in [1.82, 2.24) is 0 Å². The van der Waals surface area contributed by atoms with E-state index in [1.807, 2.05) is 19.1 Å². The smallest absolute Gasteiger partial charge is 0.127 e. The van der Waals surface area contributed by atoms with Crippen LogP contribution in [0.4, 0.5) is 0 Å². The molecule has 0 spiro atoms. The highest BCUT2D eigenvalue weighted by molar-refractivity contribution is 5.51. The van der Waals surface area contributed by atoms with Crippen LogP contribution in [0.25, 0.3) is 6.08 Å². The second-order valence-corrected chi connectivity index (χ2v) is 10.5. The van der Waals surface area contributed by atoms with Gasteiger partial charge in [-0.1, -0.05) is 25.5 Å². The van der Waals surface area contributed by atoms with Gasteiger partial charge in [-0.05, 0) is 98.8 Å². The van der Waals surface area contributed by atoms with Crippen molar-refractivity contribution >= 4 is 6.08 Å². The van der Waals surface area contributed by atoms with Crippen molar-refractivity contribution in [2.75, 3.05) is 0 Å². The molecule has 6 unspecified atom stereocenters. The number of aliphatic hydroxyl groups is 2. The summed E-state index contributed by atoms with van der Waals surface area (Å²) in [4.78, 5) is 0. The third kappa shape index (κ3) is 2.62. The van der Waals surface area contributed by atoms with E-state index in [2.05, 4.69) is 26.0 Å². The summed E-state index contributed by atoms with van der Waals surface area (Å²) < 4.78 is 5.76. The summed E-state index contributed by atoms with van der Waals surface area (Å²) in [6, 6.07) is 4.00. The Morgan fingerprint density at radius 3 is 2.64 bits per heavy atom. The summed E-state index contributed by atoms with van der Waals surface area (Å²) in [5.41, 5.74) is 2.89. The van der Waals surface area contributed by atoms with Crippen molar-refractivity contribution in [3.63, 3.8) is 0 Å². The minimum Gasteiger partial charge on any atom is -0.462 e. The number of furan rings is 1. The highest BCUT2D eigenvalue weighted by Crippen LogP contribution is 2.65.